The van der Waals surface area contributed by atoms with E-state index in [0.717, 1.165) is 22.6 Å². The fourth-order valence-corrected chi connectivity index (χ4v) is 4.69. The molecule has 0 aliphatic carbocycles. The molecule has 180 valence electrons. The van der Waals surface area contributed by atoms with Gasteiger partial charge in [-0.3, -0.25) is 9.69 Å². The van der Waals surface area contributed by atoms with E-state index in [1.165, 1.54) is 11.8 Å². The van der Waals surface area contributed by atoms with Gasteiger partial charge >= 0.3 is 0 Å². The van der Waals surface area contributed by atoms with Crippen molar-refractivity contribution < 1.29 is 23.7 Å². The lowest BCUT2D eigenvalue weighted by Crippen LogP contribution is -2.27. The normalized spacial score (nSPS) is 14.3. The number of thiocarbonyl (C=S) groups is 1. The van der Waals surface area contributed by atoms with Gasteiger partial charge in [0.1, 0.15) is 29.0 Å². The van der Waals surface area contributed by atoms with Crippen LogP contribution in [0.3, 0.4) is 0 Å². The molecule has 1 aliphatic rings. The number of carbonyl (C=O) groups excluding carboxylic acids is 1. The minimum absolute atomic E-state index is 0.0983. The van der Waals surface area contributed by atoms with Gasteiger partial charge in [0, 0.05) is 0 Å². The number of thioether (sulfide) groups is 1. The lowest BCUT2D eigenvalue weighted by molar-refractivity contribution is -0.122. The molecule has 35 heavy (non-hydrogen) atoms. The van der Waals surface area contributed by atoms with Gasteiger partial charge in [0.2, 0.25) is 0 Å². The Bertz CT molecular complexity index is 1210. The number of hydrogen-bond donors (Lipinski definition) is 0. The molecule has 0 unspecified atom stereocenters. The largest absolute Gasteiger partial charge is 0.497 e. The van der Waals surface area contributed by atoms with E-state index in [2.05, 4.69) is 0 Å². The van der Waals surface area contributed by atoms with Crippen LogP contribution in [-0.4, -0.2) is 42.6 Å². The molecule has 1 heterocycles. The van der Waals surface area contributed by atoms with Crippen molar-refractivity contribution in [3.05, 3.63) is 88.8 Å². The van der Waals surface area contributed by atoms with Gasteiger partial charge in [0.05, 0.1) is 25.7 Å². The molecule has 8 heteroatoms. The minimum atomic E-state index is -0.0983. The average Bonchev–Trinajstić information content (AvgIpc) is 3.15. The number of ether oxygens (including phenoxy) is 4. The maximum atomic E-state index is 12.9. The molecule has 3 aromatic rings. The number of amides is 1. The van der Waals surface area contributed by atoms with Crippen molar-refractivity contribution >= 4 is 40.3 Å². The Hall–Kier alpha value is -3.49. The number of rotatable bonds is 10. The van der Waals surface area contributed by atoms with Crippen molar-refractivity contribution in [3.63, 3.8) is 0 Å². The molecular weight excluding hydrogens is 482 g/mol. The maximum Gasteiger partial charge on any atom is 0.266 e. The van der Waals surface area contributed by atoms with Crippen LogP contribution in [0.2, 0.25) is 0 Å². The molecule has 3 aromatic carbocycles. The molecule has 0 N–H and O–H groups in total. The van der Waals surface area contributed by atoms with Gasteiger partial charge in [-0.2, -0.15) is 0 Å². The third-order valence-corrected chi connectivity index (χ3v) is 6.59. The first-order chi connectivity index (χ1) is 17.1. The fraction of sp³-hybridized carbons (Fsp3) is 0.185. The van der Waals surface area contributed by atoms with Crippen LogP contribution in [0.25, 0.3) is 6.08 Å². The maximum absolute atomic E-state index is 12.9. The lowest BCUT2D eigenvalue weighted by Gasteiger charge is -2.14. The number of carbonyl (C=O) groups is 1. The molecule has 4 rings (SSSR count). The molecule has 6 nitrogen and oxygen atoms in total. The first kappa shape index (κ1) is 24.6. The summed E-state index contributed by atoms with van der Waals surface area (Å²) in [6.45, 7) is 1.18. The van der Waals surface area contributed by atoms with E-state index < -0.39 is 0 Å². The topological polar surface area (TPSA) is 57.2 Å². The summed E-state index contributed by atoms with van der Waals surface area (Å²) in [6.07, 6.45) is 1.82. The van der Waals surface area contributed by atoms with Crippen LogP contribution in [0.4, 0.5) is 0 Å². The molecule has 1 aliphatic heterocycles. The van der Waals surface area contributed by atoms with Crippen molar-refractivity contribution in [2.75, 3.05) is 27.4 Å². The summed E-state index contributed by atoms with van der Waals surface area (Å²) < 4.78 is 22.7. The predicted molar refractivity (Wildman–Crippen MR) is 142 cm³/mol. The number of hydrogen-bond acceptors (Lipinski definition) is 7. The van der Waals surface area contributed by atoms with Crippen molar-refractivity contribution in [3.8, 4) is 23.0 Å². The lowest BCUT2D eigenvalue weighted by atomic mass is 10.1. The van der Waals surface area contributed by atoms with Gasteiger partial charge in [-0.15, -0.1) is 0 Å². The summed E-state index contributed by atoms with van der Waals surface area (Å²) in [4.78, 5) is 15.1. The second-order valence-electron chi connectivity index (χ2n) is 7.54. The standard InChI is InChI=1S/C27H25NO5S2/c1-30-21-9-11-22(12-10-21)32-14-15-33-23-13-8-20(16-24(23)31-2)17-25-26(29)28(27(34)35-25)18-19-6-4-3-5-7-19/h3-13,16-17H,14-15,18H2,1-2H3/b25-17-. The van der Waals surface area contributed by atoms with Gasteiger partial charge < -0.3 is 18.9 Å². The number of methoxy groups -OCH3 is 2. The Morgan fingerprint density at radius 3 is 2.29 bits per heavy atom. The summed E-state index contributed by atoms with van der Waals surface area (Å²) >= 11 is 6.75. The predicted octanol–water partition coefficient (Wildman–Crippen LogP) is 5.56. The van der Waals surface area contributed by atoms with Crippen LogP contribution in [0.5, 0.6) is 23.0 Å². The molecule has 1 amide bonds. The highest BCUT2D eigenvalue weighted by atomic mass is 32.2. The third kappa shape index (κ3) is 6.35. The van der Waals surface area contributed by atoms with Crippen LogP contribution < -0.4 is 18.9 Å². The van der Waals surface area contributed by atoms with Crippen LogP contribution in [0.1, 0.15) is 11.1 Å². The molecular formula is C27H25NO5S2. The van der Waals surface area contributed by atoms with Crippen LogP contribution >= 0.6 is 24.0 Å². The highest BCUT2D eigenvalue weighted by Gasteiger charge is 2.32. The highest BCUT2D eigenvalue weighted by Crippen LogP contribution is 2.35. The molecule has 1 saturated heterocycles. The number of nitrogens with zero attached hydrogens (tertiary/aromatic N) is 1. The summed E-state index contributed by atoms with van der Waals surface area (Å²) in [7, 11) is 3.21. The Balaban J connectivity index is 1.36. The first-order valence-corrected chi connectivity index (χ1v) is 12.2. The van der Waals surface area contributed by atoms with E-state index in [4.69, 9.17) is 31.2 Å². The third-order valence-electron chi connectivity index (χ3n) is 5.21. The van der Waals surface area contributed by atoms with E-state index in [-0.39, 0.29) is 5.91 Å². The summed E-state index contributed by atoms with van der Waals surface area (Å²) in [5.74, 6) is 2.58. The zero-order valence-corrected chi connectivity index (χ0v) is 21.1. The SMILES string of the molecule is COc1ccc(OCCOc2ccc(/C=C3\SC(=S)N(Cc4ccccc4)C3=O)cc2OC)cc1. The molecule has 0 bridgehead atoms. The molecule has 0 spiro atoms. The molecule has 0 saturated carbocycles. The van der Waals surface area contributed by atoms with Gasteiger partial charge in [-0.1, -0.05) is 60.4 Å². The Kier molecular flexibility index (Phi) is 8.28. The van der Waals surface area contributed by atoms with Gasteiger partial charge in [0.15, 0.2) is 11.5 Å². The van der Waals surface area contributed by atoms with Gasteiger partial charge in [0.25, 0.3) is 5.91 Å². The van der Waals surface area contributed by atoms with Crippen molar-refractivity contribution in [2.45, 2.75) is 6.54 Å². The first-order valence-electron chi connectivity index (χ1n) is 10.9. The Morgan fingerprint density at radius 2 is 1.57 bits per heavy atom. The Labute approximate surface area is 214 Å². The van der Waals surface area contributed by atoms with Crippen molar-refractivity contribution in [2.24, 2.45) is 0 Å². The second-order valence-corrected chi connectivity index (χ2v) is 9.21. The van der Waals surface area contributed by atoms with E-state index in [1.54, 1.807) is 19.1 Å². The Morgan fingerprint density at radius 1 is 0.857 bits per heavy atom. The summed E-state index contributed by atoms with van der Waals surface area (Å²) in [6, 6.07) is 22.7. The molecule has 0 radical (unpaired) electrons. The van der Waals surface area contributed by atoms with Crippen LogP contribution in [-0.2, 0) is 11.3 Å². The van der Waals surface area contributed by atoms with E-state index in [1.807, 2.05) is 78.9 Å². The average molecular weight is 508 g/mol. The van der Waals surface area contributed by atoms with Gasteiger partial charge in [-0.05, 0) is 53.6 Å². The summed E-state index contributed by atoms with van der Waals surface area (Å²) in [5.41, 5.74) is 1.85. The highest BCUT2D eigenvalue weighted by molar-refractivity contribution is 8.26. The molecule has 0 atom stereocenters. The van der Waals surface area contributed by atoms with Crippen molar-refractivity contribution in [1.29, 1.82) is 0 Å². The second kappa shape index (κ2) is 11.8. The van der Waals surface area contributed by atoms with Crippen molar-refractivity contribution in [1.82, 2.24) is 4.90 Å². The quantitative estimate of drug-likeness (QED) is 0.202. The van der Waals surface area contributed by atoms with Gasteiger partial charge in [-0.25, -0.2) is 0 Å². The molecule has 1 fully saturated rings. The molecule has 0 aromatic heterocycles. The van der Waals surface area contributed by atoms with E-state index >= 15 is 0 Å². The monoisotopic (exact) mass is 507 g/mol. The zero-order valence-electron chi connectivity index (χ0n) is 19.4. The van der Waals surface area contributed by atoms with Crippen LogP contribution in [0, 0.1) is 0 Å². The smallest absolute Gasteiger partial charge is 0.266 e. The van der Waals surface area contributed by atoms with E-state index in [9.17, 15) is 4.79 Å². The minimum Gasteiger partial charge on any atom is -0.497 e. The fourth-order valence-electron chi connectivity index (χ4n) is 3.43. The zero-order chi connectivity index (χ0) is 24.6. The number of benzene rings is 3. The summed E-state index contributed by atoms with van der Waals surface area (Å²) in [5, 5.41) is 0. The van der Waals surface area contributed by atoms with Crippen LogP contribution in [0.15, 0.2) is 77.7 Å². The van der Waals surface area contributed by atoms with E-state index in [0.29, 0.717) is 40.5 Å².